The Bertz CT molecular complexity index is 676. The zero-order valence-corrected chi connectivity index (χ0v) is 10.9. The first-order valence-corrected chi connectivity index (χ1v) is 7.22. The summed E-state index contributed by atoms with van der Waals surface area (Å²) in [5.41, 5.74) is -0.529. The van der Waals surface area contributed by atoms with E-state index in [-0.39, 0.29) is 11.4 Å². The first kappa shape index (κ1) is 13.5. The van der Waals surface area contributed by atoms with Crippen LogP contribution in [0.15, 0.2) is 46.6 Å². The molecule has 8 heteroatoms. The molecule has 0 aromatic carbocycles. The summed E-state index contributed by atoms with van der Waals surface area (Å²) in [6.45, 7) is 0.858. The van der Waals surface area contributed by atoms with Crippen molar-refractivity contribution in [3.63, 3.8) is 0 Å². The van der Waals surface area contributed by atoms with Crippen LogP contribution in [0.25, 0.3) is 0 Å². The molecule has 0 amide bonds. The Balaban J connectivity index is 1.92. The number of H-pyrrole nitrogens is 1. The monoisotopic (exact) mass is 282 g/mol. The normalized spacial score (nSPS) is 11.6. The van der Waals surface area contributed by atoms with Crippen LogP contribution in [-0.4, -0.2) is 29.7 Å². The maximum absolute atomic E-state index is 11.9. The van der Waals surface area contributed by atoms with Crippen LogP contribution in [0.3, 0.4) is 0 Å². The van der Waals surface area contributed by atoms with Crippen molar-refractivity contribution >= 4 is 10.0 Å². The van der Waals surface area contributed by atoms with Crippen molar-refractivity contribution in [3.05, 3.63) is 47.1 Å². The molecule has 2 heterocycles. The largest absolute Gasteiger partial charge is 0.366 e. The molecule has 19 heavy (non-hydrogen) atoms. The second kappa shape index (κ2) is 5.81. The average molecular weight is 282 g/mol. The number of pyridine rings is 1. The Morgan fingerprint density at radius 2 is 2.26 bits per heavy atom. The highest BCUT2D eigenvalue weighted by Gasteiger charge is 2.16. The van der Waals surface area contributed by atoms with Crippen LogP contribution in [0.4, 0.5) is 0 Å². The lowest BCUT2D eigenvalue weighted by atomic mass is 10.4. The second-order valence-electron chi connectivity index (χ2n) is 3.89. The number of aromatic nitrogens is 3. The van der Waals surface area contributed by atoms with E-state index in [1.807, 2.05) is 0 Å². The third kappa shape index (κ3) is 3.52. The molecule has 0 radical (unpaired) electrons. The maximum Gasteiger partial charge on any atom is 0.245 e. The van der Waals surface area contributed by atoms with Crippen LogP contribution in [0.1, 0.15) is 6.42 Å². The average Bonchev–Trinajstić information content (AvgIpc) is 2.88. The van der Waals surface area contributed by atoms with E-state index in [0.717, 1.165) is 0 Å². The lowest BCUT2D eigenvalue weighted by Crippen LogP contribution is -2.29. The van der Waals surface area contributed by atoms with Gasteiger partial charge < -0.3 is 4.98 Å². The van der Waals surface area contributed by atoms with Gasteiger partial charge in [0.25, 0.3) is 0 Å². The van der Waals surface area contributed by atoms with Gasteiger partial charge in [-0.25, -0.2) is 13.1 Å². The number of nitrogens with zero attached hydrogens (tertiary/aromatic N) is 2. The van der Waals surface area contributed by atoms with E-state index in [1.54, 1.807) is 23.1 Å². The fraction of sp³-hybridized carbons (Fsp3) is 0.273. The predicted molar refractivity (Wildman–Crippen MR) is 69.1 cm³/mol. The molecule has 0 aliphatic carbocycles. The first-order valence-electron chi connectivity index (χ1n) is 5.74. The topological polar surface area (TPSA) is 96.9 Å². The highest BCUT2D eigenvalue weighted by molar-refractivity contribution is 7.89. The second-order valence-corrected chi connectivity index (χ2v) is 5.63. The fourth-order valence-electron chi connectivity index (χ4n) is 1.57. The van der Waals surface area contributed by atoms with Crippen molar-refractivity contribution in [1.29, 1.82) is 0 Å². The fourth-order valence-corrected chi connectivity index (χ4v) is 2.69. The standard InChI is InChI=1S/C11H14N4O3S/c16-10-3-6-12-9-11(10)19(17,18)14-5-2-8-15-7-1-4-13-15/h1,3-4,6-7,9,14H,2,5,8H2,(H,12,16). The van der Waals surface area contributed by atoms with E-state index in [4.69, 9.17) is 0 Å². The number of nitrogens with one attached hydrogen (secondary N) is 2. The SMILES string of the molecule is O=c1cc[nH]cc1S(=O)(=O)NCCCn1cccn1. The van der Waals surface area contributed by atoms with E-state index in [1.165, 1.54) is 18.5 Å². The lowest BCUT2D eigenvalue weighted by Gasteiger charge is -2.06. The smallest absolute Gasteiger partial charge is 0.245 e. The molecule has 2 rings (SSSR count). The molecule has 0 atom stereocenters. The number of aryl methyl sites for hydroxylation is 1. The minimum atomic E-state index is -3.76. The van der Waals surface area contributed by atoms with Gasteiger partial charge in [0.15, 0.2) is 0 Å². The molecule has 0 saturated heterocycles. The Labute approximate surface area is 110 Å². The number of rotatable bonds is 6. The highest BCUT2D eigenvalue weighted by Crippen LogP contribution is 1.99. The third-order valence-corrected chi connectivity index (χ3v) is 3.98. The van der Waals surface area contributed by atoms with Crippen LogP contribution in [0.2, 0.25) is 0 Å². The van der Waals surface area contributed by atoms with E-state index in [9.17, 15) is 13.2 Å². The zero-order chi connectivity index (χ0) is 13.7. The highest BCUT2D eigenvalue weighted by atomic mass is 32.2. The number of hydrogen-bond acceptors (Lipinski definition) is 4. The molecule has 0 fully saturated rings. The molecule has 2 N–H and O–H groups in total. The molecular formula is C11H14N4O3S. The molecule has 102 valence electrons. The lowest BCUT2D eigenvalue weighted by molar-refractivity contribution is 0.552. The molecule has 2 aromatic heterocycles. The molecule has 0 aliphatic heterocycles. The van der Waals surface area contributed by atoms with Crippen molar-refractivity contribution in [2.45, 2.75) is 17.9 Å². The van der Waals surface area contributed by atoms with Gasteiger partial charge in [0.05, 0.1) is 0 Å². The van der Waals surface area contributed by atoms with E-state index >= 15 is 0 Å². The van der Waals surface area contributed by atoms with Crippen LogP contribution in [0.5, 0.6) is 0 Å². The van der Waals surface area contributed by atoms with Crippen molar-refractivity contribution in [1.82, 2.24) is 19.5 Å². The van der Waals surface area contributed by atoms with E-state index < -0.39 is 15.5 Å². The summed E-state index contributed by atoms with van der Waals surface area (Å²) in [4.78, 5) is 13.8. The predicted octanol–water partition coefficient (Wildman–Crippen LogP) is -0.0600. The molecule has 0 saturated carbocycles. The van der Waals surface area contributed by atoms with Crippen LogP contribution >= 0.6 is 0 Å². The Kier molecular flexibility index (Phi) is 4.13. The van der Waals surface area contributed by atoms with Gasteiger partial charge in [-0.3, -0.25) is 9.48 Å². The molecule has 0 aliphatic rings. The minimum Gasteiger partial charge on any atom is -0.366 e. The first-order chi connectivity index (χ1) is 9.09. The molecular weight excluding hydrogens is 268 g/mol. The van der Waals surface area contributed by atoms with Crippen molar-refractivity contribution in [2.24, 2.45) is 0 Å². The van der Waals surface area contributed by atoms with E-state index in [2.05, 4.69) is 14.8 Å². The van der Waals surface area contributed by atoms with Crippen molar-refractivity contribution in [2.75, 3.05) is 6.54 Å². The van der Waals surface area contributed by atoms with Gasteiger partial charge in [0, 0.05) is 43.9 Å². The summed E-state index contributed by atoms with van der Waals surface area (Å²) in [5, 5.41) is 4.01. The Morgan fingerprint density at radius 1 is 1.42 bits per heavy atom. The molecule has 0 spiro atoms. The van der Waals surface area contributed by atoms with Gasteiger partial charge in [-0.2, -0.15) is 5.10 Å². The Hall–Kier alpha value is -1.93. The van der Waals surface area contributed by atoms with Gasteiger partial charge in [-0.1, -0.05) is 0 Å². The van der Waals surface area contributed by atoms with Gasteiger partial charge >= 0.3 is 0 Å². The van der Waals surface area contributed by atoms with Gasteiger partial charge in [-0.15, -0.1) is 0 Å². The third-order valence-electron chi connectivity index (χ3n) is 2.49. The zero-order valence-electron chi connectivity index (χ0n) is 10.1. The summed E-state index contributed by atoms with van der Waals surface area (Å²) >= 11 is 0. The molecule has 0 bridgehead atoms. The van der Waals surface area contributed by atoms with Crippen molar-refractivity contribution in [3.8, 4) is 0 Å². The van der Waals surface area contributed by atoms with Crippen molar-refractivity contribution < 1.29 is 8.42 Å². The van der Waals surface area contributed by atoms with Gasteiger partial charge in [0.2, 0.25) is 15.5 Å². The maximum atomic E-state index is 11.9. The van der Waals surface area contributed by atoms with Gasteiger partial charge in [0.1, 0.15) is 4.90 Å². The van der Waals surface area contributed by atoms with Crippen LogP contribution in [0, 0.1) is 0 Å². The quantitative estimate of drug-likeness (QED) is 0.725. The van der Waals surface area contributed by atoms with Gasteiger partial charge in [-0.05, 0) is 12.5 Å². The van der Waals surface area contributed by atoms with Crippen LogP contribution in [-0.2, 0) is 16.6 Å². The summed E-state index contributed by atoms with van der Waals surface area (Å²) in [5.74, 6) is 0. The number of hydrogen-bond donors (Lipinski definition) is 2. The summed E-state index contributed by atoms with van der Waals surface area (Å²) in [6.07, 6.45) is 6.62. The minimum absolute atomic E-state index is 0.247. The summed E-state index contributed by atoms with van der Waals surface area (Å²) in [7, 11) is -3.76. The number of aromatic amines is 1. The summed E-state index contributed by atoms with van der Waals surface area (Å²) in [6, 6.07) is 2.98. The molecule has 2 aromatic rings. The molecule has 0 unspecified atom stereocenters. The van der Waals surface area contributed by atoms with Crippen LogP contribution < -0.4 is 10.2 Å². The summed E-state index contributed by atoms with van der Waals surface area (Å²) < 4.78 is 27.8. The molecule has 7 nitrogen and oxygen atoms in total. The Morgan fingerprint density at radius 3 is 2.95 bits per heavy atom. The van der Waals surface area contributed by atoms with E-state index in [0.29, 0.717) is 13.0 Å². The number of sulfonamides is 1.